The maximum absolute atomic E-state index is 11.5. The van der Waals surface area contributed by atoms with E-state index in [-0.39, 0.29) is 5.82 Å². The number of nitrogens with zero attached hydrogens (tertiary/aromatic N) is 5. The predicted octanol–water partition coefficient (Wildman–Crippen LogP) is 3.40. The Balaban J connectivity index is 1.20. The summed E-state index contributed by atoms with van der Waals surface area (Å²) in [5, 5.41) is 0.901. The van der Waals surface area contributed by atoms with Crippen molar-refractivity contribution in [2.45, 2.75) is 22.9 Å². The fourth-order valence-corrected chi connectivity index (χ4v) is 4.79. The van der Waals surface area contributed by atoms with Crippen LogP contribution in [0.5, 0.6) is 0 Å². The number of imidazole rings is 1. The van der Waals surface area contributed by atoms with Crippen LogP contribution in [-0.4, -0.2) is 51.7 Å². The zero-order chi connectivity index (χ0) is 24.0. The fraction of sp³-hybridized carbons (Fsp3) is 0.231. The summed E-state index contributed by atoms with van der Waals surface area (Å²) in [5.74, 6) is 0.521. The third-order valence-electron chi connectivity index (χ3n) is 5.79. The number of ether oxygens (including phenoxy) is 1. The van der Waals surface area contributed by atoms with Gasteiger partial charge < -0.3 is 19.9 Å². The van der Waals surface area contributed by atoms with Gasteiger partial charge in [0.15, 0.2) is 5.82 Å². The molecule has 9 heteroatoms. The van der Waals surface area contributed by atoms with E-state index < -0.39 is 5.91 Å². The van der Waals surface area contributed by atoms with E-state index in [0.29, 0.717) is 13.0 Å². The number of hydrogen-bond acceptors (Lipinski definition) is 7. The number of anilines is 1. The number of morpholine rings is 1. The Kier molecular flexibility index (Phi) is 7.06. The summed E-state index contributed by atoms with van der Waals surface area (Å²) >= 11 is 1.60. The van der Waals surface area contributed by atoms with Crippen LogP contribution < -0.4 is 10.6 Å². The standard InChI is InChI=1S/C26H26N6O2S/c27-25(33)26-29-11-12-32(26)18-20-3-7-22(8-4-20)35-24-9-10-28-23(30-24)17-19-1-5-21(6-2-19)31-13-15-34-16-14-31/h1-12H,13-18H2,(H2,27,33). The number of amides is 1. The number of hydrogen-bond donors (Lipinski definition) is 1. The molecular formula is C26H26N6O2S. The van der Waals surface area contributed by atoms with Gasteiger partial charge in [0, 0.05) is 55.2 Å². The lowest BCUT2D eigenvalue weighted by atomic mass is 10.1. The van der Waals surface area contributed by atoms with Crippen molar-refractivity contribution in [1.82, 2.24) is 19.5 Å². The molecule has 1 amide bonds. The van der Waals surface area contributed by atoms with Gasteiger partial charge in [0.05, 0.1) is 13.2 Å². The third kappa shape index (κ3) is 5.87. The van der Waals surface area contributed by atoms with Gasteiger partial charge in [-0.25, -0.2) is 15.0 Å². The zero-order valence-electron chi connectivity index (χ0n) is 19.2. The Bertz CT molecular complexity index is 1280. The van der Waals surface area contributed by atoms with Crippen molar-refractivity contribution in [3.05, 3.63) is 96.0 Å². The number of benzene rings is 2. The summed E-state index contributed by atoms with van der Waals surface area (Å²) in [6.45, 7) is 3.96. The van der Waals surface area contributed by atoms with Crippen molar-refractivity contribution in [3.63, 3.8) is 0 Å². The highest BCUT2D eigenvalue weighted by molar-refractivity contribution is 7.99. The molecule has 0 aliphatic carbocycles. The molecule has 2 aromatic carbocycles. The lowest BCUT2D eigenvalue weighted by molar-refractivity contribution is 0.0987. The summed E-state index contributed by atoms with van der Waals surface area (Å²) in [7, 11) is 0. The van der Waals surface area contributed by atoms with Gasteiger partial charge >= 0.3 is 0 Å². The number of primary amides is 1. The van der Waals surface area contributed by atoms with Crippen molar-refractivity contribution in [3.8, 4) is 0 Å². The van der Waals surface area contributed by atoms with Crippen molar-refractivity contribution in [2.24, 2.45) is 5.73 Å². The SMILES string of the molecule is NC(=O)c1nccn1Cc1ccc(Sc2ccnc(Cc3ccc(N4CCOCC4)cc3)n2)cc1. The van der Waals surface area contributed by atoms with Crippen LogP contribution in [0.1, 0.15) is 27.6 Å². The Hall–Kier alpha value is -3.69. The van der Waals surface area contributed by atoms with Crippen LogP contribution in [-0.2, 0) is 17.7 Å². The van der Waals surface area contributed by atoms with Crippen LogP contribution in [0.15, 0.2) is 83.1 Å². The molecule has 2 N–H and O–H groups in total. The fourth-order valence-electron chi connectivity index (χ4n) is 3.99. The molecule has 0 spiro atoms. The topological polar surface area (TPSA) is 99.2 Å². The molecule has 0 atom stereocenters. The molecule has 0 unspecified atom stereocenters. The lowest BCUT2D eigenvalue weighted by Crippen LogP contribution is -2.36. The van der Waals surface area contributed by atoms with Gasteiger partial charge in [0.25, 0.3) is 5.91 Å². The van der Waals surface area contributed by atoms with E-state index in [4.69, 9.17) is 15.5 Å². The summed E-state index contributed by atoms with van der Waals surface area (Å²) < 4.78 is 7.18. The van der Waals surface area contributed by atoms with Gasteiger partial charge in [0.1, 0.15) is 10.9 Å². The van der Waals surface area contributed by atoms with Crippen LogP contribution in [0.2, 0.25) is 0 Å². The summed E-state index contributed by atoms with van der Waals surface area (Å²) in [4.78, 5) is 28.1. The predicted molar refractivity (Wildman–Crippen MR) is 135 cm³/mol. The summed E-state index contributed by atoms with van der Waals surface area (Å²) in [5.41, 5.74) is 8.84. The van der Waals surface area contributed by atoms with E-state index in [9.17, 15) is 4.79 Å². The molecule has 178 valence electrons. The van der Waals surface area contributed by atoms with E-state index in [1.165, 1.54) is 11.3 Å². The molecule has 4 aromatic rings. The Labute approximate surface area is 208 Å². The quantitative estimate of drug-likeness (QED) is 0.381. The minimum Gasteiger partial charge on any atom is -0.378 e. The highest BCUT2D eigenvalue weighted by Crippen LogP contribution is 2.26. The molecule has 5 rings (SSSR count). The minimum atomic E-state index is -0.533. The first-order valence-corrected chi connectivity index (χ1v) is 12.3. The van der Waals surface area contributed by atoms with E-state index >= 15 is 0 Å². The van der Waals surface area contributed by atoms with E-state index in [1.807, 2.05) is 36.5 Å². The maximum atomic E-state index is 11.5. The Morgan fingerprint density at radius 2 is 1.69 bits per heavy atom. The van der Waals surface area contributed by atoms with Gasteiger partial charge in [-0.15, -0.1) is 0 Å². The molecular weight excluding hydrogens is 460 g/mol. The molecule has 0 radical (unpaired) electrons. The first-order chi connectivity index (χ1) is 17.1. The first kappa shape index (κ1) is 23.1. The Morgan fingerprint density at radius 3 is 2.43 bits per heavy atom. The van der Waals surface area contributed by atoms with E-state index in [1.54, 1.807) is 28.7 Å². The van der Waals surface area contributed by atoms with Crippen molar-refractivity contribution >= 4 is 23.4 Å². The zero-order valence-corrected chi connectivity index (χ0v) is 20.0. The van der Waals surface area contributed by atoms with Crippen LogP contribution >= 0.6 is 11.8 Å². The molecule has 2 aromatic heterocycles. The monoisotopic (exact) mass is 486 g/mol. The molecule has 0 bridgehead atoms. The number of nitrogens with two attached hydrogens (primary N) is 1. The molecule has 1 aliphatic rings. The summed E-state index contributed by atoms with van der Waals surface area (Å²) in [6, 6.07) is 18.7. The van der Waals surface area contributed by atoms with Crippen LogP contribution in [0.3, 0.4) is 0 Å². The molecule has 1 saturated heterocycles. The molecule has 35 heavy (non-hydrogen) atoms. The number of aromatic nitrogens is 4. The number of rotatable bonds is 8. The molecule has 3 heterocycles. The normalized spacial score (nSPS) is 13.7. The smallest absolute Gasteiger partial charge is 0.284 e. The second-order valence-electron chi connectivity index (χ2n) is 8.24. The van der Waals surface area contributed by atoms with Crippen LogP contribution in [0, 0.1) is 0 Å². The van der Waals surface area contributed by atoms with Crippen LogP contribution in [0.4, 0.5) is 5.69 Å². The van der Waals surface area contributed by atoms with Crippen LogP contribution in [0.25, 0.3) is 0 Å². The third-order valence-corrected chi connectivity index (χ3v) is 6.73. The maximum Gasteiger partial charge on any atom is 0.284 e. The average Bonchev–Trinajstić information content (AvgIpc) is 3.35. The van der Waals surface area contributed by atoms with Gasteiger partial charge in [-0.1, -0.05) is 36.0 Å². The number of carbonyl (C=O) groups excluding carboxylic acids is 1. The van der Waals surface area contributed by atoms with Gasteiger partial charge in [0.2, 0.25) is 0 Å². The van der Waals surface area contributed by atoms with Gasteiger partial charge in [-0.3, -0.25) is 4.79 Å². The van der Waals surface area contributed by atoms with E-state index in [2.05, 4.69) is 39.1 Å². The largest absolute Gasteiger partial charge is 0.378 e. The first-order valence-electron chi connectivity index (χ1n) is 11.5. The molecule has 1 aliphatic heterocycles. The summed E-state index contributed by atoms with van der Waals surface area (Å²) in [6.07, 6.45) is 5.83. The van der Waals surface area contributed by atoms with Crippen molar-refractivity contribution in [1.29, 1.82) is 0 Å². The molecule has 8 nitrogen and oxygen atoms in total. The second-order valence-corrected chi connectivity index (χ2v) is 9.34. The van der Waals surface area contributed by atoms with E-state index in [0.717, 1.165) is 47.6 Å². The lowest BCUT2D eigenvalue weighted by Gasteiger charge is -2.28. The molecule has 0 saturated carbocycles. The molecule has 1 fully saturated rings. The highest BCUT2D eigenvalue weighted by Gasteiger charge is 2.12. The second kappa shape index (κ2) is 10.7. The number of carbonyl (C=O) groups is 1. The van der Waals surface area contributed by atoms with Gasteiger partial charge in [-0.2, -0.15) is 0 Å². The van der Waals surface area contributed by atoms with Crippen molar-refractivity contribution < 1.29 is 9.53 Å². The van der Waals surface area contributed by atoms with Crippen molar-refractivity contribution in [2.75, 3.05) is 31.2 Å². The van der Waals surface area contributed by atoms with Gasteiger partial charge in [-0.05, 0) is 41.5 Å². The highest BCUT2D eigenvalue weighted by atomic mass is 32.2. The average molecular weight is 487 g/mol. The minimum absolute atomic E-state index is 0.257. The Morgan fingerprint density at radius 1 is 0.943 bits per heavy atom.